The lowest BCUT2D eigenvalue weighted by Crippen LogP contribution is -1.94. The zero-order chi connectivity index (χ0) is 13.4. The van der Waals surface area contributed by atoms with E-state index in [1.165, 1.54) is 0 Å². The number of aromatic nitrogens is 4. The van der Waals surface area contributed by atoms with Gasteiger partial charge in [0.05, 0.1) is 11.3 Å². The third-order valence-corrected chi connectivity index (χ3v) is 3.37. The van der Waals surface area contributed by atoms with Gasteiger partial charge in [-0.1, -0.05) is 0 Å². The maximum absolute atomic E-state index is 9.18. The first-order valence-electron chi connectivity index (χ1n) is 5.56. The monoisotopic (exact) mass is 361 g/mol. The average molecular weight is 361 g/mol. The first-order valence-corrected chi connectivity index (χ1v) is 6.63. The SMILES string of the molecule is Cc1ncc(C#N)c(-c2c[nH]c3ncc(I)cc23)n1. The molecular formula is C13H8IN5. The molecule has 0 bridgehead atoms. The van der Waals surface area contributed by atoms with Crippen LogP contribution in [-0.2, 0) is 0 Å². The Balaban J connectivity index is 2.33. The Morgan fingerprint density at radius 1 is 1.32 bits per heavy atom. The minimum atomic E-state index is 0.463. The molecule has 5 nitrogen and oxygen atoms in total. The fourth-order valence-corrected chi connectivity index (χ4v) is 2.38. The van der Waals surface area contributed by atoms with Gasteiger partial charge in [-0.3, -0.25) is 0 Å². The summed E-state index contributed by atoms with van der Waals surface area (Å²) in [7, 11) is 0. The van der Waals surface area contributed by atoms with Gasteiger partial charge in [-0.25, -0.2) is 15.0 Å². The van der Waals surface area contributed by atoms with Gasteiger partial charge in [0, 0.05) is 33.1 Å². The van der Waals surface area contributed by atoms with Gasteiger partial charge >= 0.3 is 0 Å². The second kappa shape index (κ2) is 4.59. The number of nitriles is 1. The van der Waals surface area contributed by atoms with Crippen molar-refractivity contribution in [3.63, 3.8) is 0 Å². The van der Waals surface area contributed by atoms with E-state index in [9.17, 15) is 5.26 Å². The highest BCUT2D eigenvalue weighted by Crippen LogP contribution is 2.29. The summed E-state index contributed by atoms with van der Waals surface area (Å²) in [5, 5.41) is 10.1. The van der Waals surface area contributed by atoms with Crippen LogP contribution in [-0.4, -0.2) is 19.9 Å². The summed E-state index contributed by atoms with van der Waals surface area (Å²) in [4.78, 5) is 15.9. The Hall–Kier alpha value is -2.01. The fourth-order valence-electron chi connectivity index (χ4n) is 1.93. The zero-order valence-electron chi connectivity index (χ0n) is 9.98. The second-order valence-electron chi connectivity index (χ2n) is 4.04. The number of H-pyrrole nitrogens is 1. The summed E-state index contributed by atoms with van der Waals surface area (Å²) < 4.78 is 1.04. The molecule has 0 aliphatic carbocycles. The largest absolute Gasteiger partial charge is 0.345 e. The molecule has 0 atom stereocenters. The van der Waals surface area contributed by atoms with Crippen molar-refractivity contribution in [3.05, 3.63) is 39.6 Å². The first-order chi connectivity index (χ1) is 9.19. The minimum absolute atomic E-state index is 0.463. The highest BCUT2D eigenvalue weighted by Gasteiger charge is 2.13. The van der Waals surface area contributed by atoms with E-state index in [4.69, 9.17) is 0 Å². The Morgan fingerprint density at radius 2 is 2.16 bits per heavy atom. The number of pyridine rings is 1. The van der Waals surface area contributed by atoms with Crippen molar-refractivity contribution in [3.8, 4) is 17.3 Å². The van der Waals surface area contributed by atoms with Crippen LogP contribution in [0.3, 0.4) is 0 Å². The first kappa shape index (κ1) is 12.0. The van der Waals surface area contributed by atoms with Crippen LogP contribution in [0.5, 0.6) is 0 Å². The van der Waals surface area contributed by atoms with Crippen LogP contribution < -0.4 is 0 Å². The summed E-state index contributed by atoms with van der Waals surface area (Å²) in [5.41, 5.74) is 2.77. The molecule has 1 N–H and O–H groups in total. The number of fused-ring (bicyclic) bond motifs is 1. The molecular weight excluding hydrogens is 353 g/mol. The Morgan fingerprint density at radius 3 is 2.95 bits per heavy atom. The number of hydrogen-bond donors (Lipinski definition) is 1. The van der Waals surface area contributed by atoms with Crippen LogP contribution >= 0.6 is 22.6 Å². The molecule has 0 saturated carbocycles. The predicted molar refractivity (Wildman–Crippen MR) is 79.3 cm³/mol. The van der Waals surface area contributed by atoms with E-state index in [-0.39, 0.29) is 0 Å². The van der Waals surface area contributed by atoms with Gasteiger partial charge in [-0.15, -0.1) is 0 Å². The molecule has 3 rings (SSSR count). The highest BCUT2D eigenvalue weighted by atomic mass is 127. The molecule has 0 saturated heterocycles. The average Bonchev–Trinajstić information content (AvgIpc) is 2.81. The molecule has 3 heterocycles. The van der Waals surface area contributed by atoms with Crippen molar-refractivity contribution in [1.29, 1.82) is 5.26 Å². The van der Waals surface area contributed by atoms with Crippen molar-refractivity contribution >= 4 is 33.6 Å². The quantitative estimate of drug-likeness (QED) is 0.676. The minimum Gasteiger partial charge on any atom is -0.345 e. The molecule has 3 aromatic heterocycles. The van der Waals surface area contributed by atoms with Crippen LogP contribution in [0.15, 0.2) is 24.7 Å². The van der Waals surface area contributed by atoms with E-state index in [2.05, 4.69) is 48.6 Å². The lowest BCUT2D eigenvalue weighted by atomic mass is 10.1. The molecule has 19 heavy (non-hydrogen) atoms. The van der Waals surface area contributed by atoms with E-state index in [1.54, 1.807) is 12.4 Å². The van der Waals surface area contributed by atoms with Gasteiger partial charge in [-0.2, -0.15) is 5.26 Å². The Bertz CT molecular complexity index is 816. The summed E-state index contributed by atoms with van der Waals surface area (Å²) in [6.07, 6.45) is 5.17. The molecule has 0 spiro atoms. The van der Waals surface area contributed by atoms with Gasteiger partial charge in [0.2, 0.25) is 0 Å². The van der Waals surface area contributed by atoms with Crippen LogP contribution in [0.1, 0.15) is 11.4 Å². The zero-order valence-corrected chi connectivity index (χ0v) is 12.1. The standard InChI is InChI=1S/C13H8IN5/c1-7-16-4-8(3-15)12(19-7)11-6-18-13-10(11)2-9(14)5-17-13/h2,4-6H,1H3,(H,17,18). The number of aromatic amines is 1. The summed E-state index contributed by atoms with van der Waals surface area (Å²) in [6, 6.07) is 4.15. The topological polar surface area (TPSA) is 78.2 Å². The maximum atomic E-state index is 9.18. The van der Waals surface area contributed by atoms with Crippen molar-refractivity contribution in [2.45, 2.75) is 6.92 Å². The molecule has 0 fully saturated rings. The van der Waals surface area contributed by atoms with Gasteiger partial charge < -0.3 is 4.98 Å². The lowest BCUT2D eigenvalue weighted by Gasteiger charge is -2.02. The number of nitrogens with one attached hydrogen (secondary N) is 1. The van der Waals surface area contributed by atoms with Crippen LogP contribution in [0, 0.1) is 21.8 Å². The summed E-state index contributed by atoms with van der Waals surface area (Å²) in [5.74, 6) is 0.641. The second-order valence-corrected chi connectivity index (χ2v) is 5.29. The molecule has 0 aromatic carbocycles. The molecule has 92 valence electrons. The lowest BCUT2D eigenvalue weighted by molar-refractivity contribution is 1.05. The number of hydrogen-bond acceptors (Lipinski definition) is 4. The Labute approximate surface area is 122 Å². The van der Waals surface area contributed by atoms with Crippen molar-refractivity contribution in [1.82, 2.24) is 19.9 Å². The normalized spacial score (nSPS) is 10.6. The van der Waals surface area contributed by atoms with Gasteiger partial charge in [-0.05, 0) is 35.6 Å². The fraction of sp³-hybridized carbons (Fsp3) is 0.0769. The third kappa shape index (κ3) is 2.06. The molecule has 0 radical (unpaired) electrons. The van der Waals surface area contributed by atoms with E-state index in [1.807, 2.05) is 19.2 Å². The molecule has 6 heteroatoms. The summed E-state index contributed by atoms with van der Waals surface area (Å²) >= 11 is 2.21. The van der Waals surface area contributed by atoms with Crippen LogP contribution in [0.4, 0.5) is 0 Å². The Kier molecular flexibility index (Phi) is 2.91. The number of rotatable bonds is 1. The van der Waals surface area contributed by atoms with Gasteiger partial charge in [0.1, 0.15) is 17.5 Å². The number of aryl methyl sites for hydroxylation is 1. The molecule has 0 amide bonds. The summed E-state index contributed by atoms with van der Waals surface area (Å²) in [6.45, 7) is 1.81. The van der Waals surface area contributed by atoms with E-state index in [0.29, 0.717) is 17.1 Å². The maximum Gasteiger partial charge on any atom is 0.137 e. The van der Waals surface area contributed by atoms with E-state index < -0.39 is 0 Å². The number of nitrogens with zero attached hydrogens (tertiary/aromatic N) is 4. The van der Waals surface area contributed by atoms with Crippen LogP contribution in [0.25, 0.3) is 22.3 Å². The van der Waals surface area contributed by atoms with Gasteiger partial charge in [0.15, 0.2) is 0 Å². The molecule has 0 aliphatic heterocycles. The van der Waals surface area contributed by atoms with E-state index >= 15 is 0 Å². The van der Waals surface area contributed by atoms with E-state index in [0.717, 1.165) is 20.2 Å². The highest BCUT2D eigenvalue weighted by molar-refractivity contribution is 14.1. The molecule has 0 unspecified atom stereocenters. The predicted octanol–water partition coefficient (Wildman–Crippen LogP) is 2.80. The molecule has 3 aromatic rings. The van der Waals surface area contributed by atoms with Crippen molar-refractivity contribution < 1.29 is 0 Å². The number of halogens is 1. The molecule has 0 aliphatic rings. The van der Waals surface area contributed by atoms with Crippen molar-refractivity contribution in [2.24, 2.45) is 0 Å². The smallest absolute Gasteiger partial charge is 0.137 e. The third-order valence-electron chi connectivity index (χ3n) is 2.78. The van der Waals surface area contributed by atoms with Crippen molar-refractivity contribution in [2.75, 3.05) is 0 Å². The van der Waals surface area contributed by atoms with Crippen LogP contribution in [0.2, 0.25) is 0 Å². The van der Waals surface area contributed by atoms with Gasteiger partial charge in [0.25, 0.3) is 0 Å².